The summed E-state index contributed by atoms with van der Waals surface area (Å²) in [6.07, 6.45) is 5.35. The van der Waals surface area contributed by atoms with Crippen LogP contribution in [0.1, 0.15) is 48.0 Å². The van der Waals surface area contributed by atoms with E-state index in [2.05, 4.69) is 10.0 Å². The van der Waals surface area contributed by atoms with Crippen LogP contribution in [0.4, 0.5) is 5.69 Å². The maximum absolute atomic E-state index is 13.0. The van der Waals surface area contributed by atoms with Crippen LogP contribution >= 0.6 is 0 Å². The van der Waals surface area contributed by atoms with Crippen LogP contribution in [0.5, 0.6) is 11.5 Å². The van der Waals surface area contributed by atoms with Gasteiger partial charge in [-0.15, -0.1) is 0 Å². The summed E-state index contributed by atoms with van der Waals surface area (Å²) in [6.45, 7) is 1.81. The summed E-state index contributed by atoms with van der Waals surface area (Å²) in [5.74, 6) is 1.07. The molecule has 0 bridgehead atoms. The first kappa shape index (κ1) is 22.9. The number of rotatable bonds is 7. The van der Waals surface area contributed by atoms with Crippen LogP contribution < -0.4 is 14.8 Å². The maximum Gasteiger partial charge on any atom is 0.261 e. The number of amides is 1. The number of aryl methyl sites for hydroxylation is 1. The number of hydrogen-bond donors (Lipinski definition) is 2. The third-order valence-corrected chi connectivity index (χ3v) is 7.17. The predicted octanol–water partition coefficient (Wildman–Crippen LogP) is 5.65. The SMILES string of the molecule is Cc1ccc(S(=O)(=O)Nc2ccc(Oc3ccccc3)cc2)cc1C(=O)NC1CCCCC1. The van der Waals surface area contributed by atoms with Gasteiger partial charge < -0.3 is 10.1 Å². The average molecular weight is 465 g/mol. The minimum atomic E-state index is -3.86. The zero-order chi connectivity index (χ0) is 23.3. The fourth-order valence-corrected chi connectivity index (χ4v) is 5.04. The van der Waals surface area contributed by atoms with Gasteiger partial charge in [0.15, 0.2) is 0 Å². The van der Waals surface area contributed by atoms with Crippen molar-refractivity contribution < 1.29 is 17.9 Å². The van der Waals surface area contributed by atoms with E-state index >= 15 is 0 Å². The lowest BCUT2D eigenvalue weighted by Crippen LogP contribution is -2.36. The monoisotopic (exact) mass is 464 g/mol. The Morgan fingerprint density at radius 1 is 0.879 bits per heavy atom. The summed E-state index contributed by atoms with van der Waals surface area (Å²) >= 11 is 0. The van der Waals surface area contributed by atoms with E-state index < -0.39 is 10.0 Å². The highest BCUT2D eigenvalue weighted by atomic mass is 32.2. The smallest absolute Gasteiger partial charge is 0.261 e. The highest BCUT2D eigenvalue weighted by Gasteiger charge is 2.21. The third-order valence-electron chi connectivity index (χ3n) is 5.79. The first-order chi connectivity index (χ1) is 15.9. The molecular weight excluding hydrogens is 436 g/mol. The molecule has 1 fully saturated rings. The molecule has 0 spiro atoms. The van der Waals surface area contributed by atoms with Crippen molar-refractivity contribution in [3.8, 4) is 11.5 Å². The van der Waals surface area contributed by atoms with Gasteiger partial charge in [0.05, 0.1) is 4.90 Å². The molecule has 0 radical (unpaired) electrons. The summed E-state index contributed by atoms with van der Waals surface area (Å²) in [5.41, 5.74) is 1.53. The molecule has 3 aromatic rings. The molecule has 0 heterocycles. The molecule has 0 aromatic heterocycles. The van der Waals surface area contributed by atoms with Gasteiger partial charge in [0.2, 0.25) is 0 Å². The zero-order valence-corrected chi connectivity index (χ0v) is 19.4. The van der Waals surface area contributed by atoms with E-state index in [1.165, 1.54) is 18.6 Å². The molecule has 0 aliphatic heterocycles. The minimum absolute atomic E-state index is 0.0477. The van der Waals surface area contributed by atoms with Crippen molar-refractivity contribution >= 4 is 21.6 Å². The standard InChI is InChI=1S/C26H28N2O4S/c1-19-12-17-24(18-25(19)26(29)27-20-8-4-2-5-9-20)33(30,31)28-21-13-15-23(16-14-21)32-22-10-6-3-7-11-22/h3,6-7,10-18,20,28H,2,4-5,8-9H2,1H3,(H,27,29). The molecule has 172 valence electrons. The van der Waals surface area contributed by atoms with Gasteiger partial charge in [-0.25, -0.2) is 8.42 Å². The summed E-state index contributed by atoms with van der Waals surface area (Å²) in [4.78, 5) is 12.9. The highest BCUT2D eigenvalue weighted by molar-refractivity contribution is 7.92. The molecule has 1 saturated carbocycles. The number of anilines is 1. The van der Waals surface area contributed by atoms with Crippen LogP contribution in [0.25, 0.3) is 0 Å². The van der Waals surface area contributed by atoms with E-state index in [1.54, 1.807) is 30.3 Å². The fraction of sp³-hybridized carbons (Fsp3) is 0.269. The Bertz CT molecular complexity index is 1200. The van der Waals surface area contributed by atoms with E-state index in [4.69, 9.17) is 4.74 Å². The number of carbonyl (C=O) groups is 1. The van der Waals surface area contributed by atoms with Gasteiger partial charge in [0, 0.05) is 17.3 Å². The summed E-state index contributed by atoms with van der Waals surface area (Å²) in [7, 11) is -3.86. The van der Waals surface area contributed by atoms with Crippen molar-refractivity contribution in [2.75, 3.05) is 4.72 Å². The van der Waals surface area contributed by atoms with Gasteiger partial charge in [-0.2, -0.15) is 0 Å². The van der Waals surface area contributed by atoms with E-state index in [-0.39, 0.29) is 16.8 Å². The molecule has 1 amide bonds. The lowest BCUT2D eigenvalue weighted by atomic mass is 9.95. The number of para-hydroxylation sites is 1. The van der Waals surface area contributed by atoms with Crippen molar-refractivity contribution in [1.82, 2.24) is 5.32 Å². The van der Waals surface area contributed by atoms with Crippen LogP contribution in [-0.2, 0) is 10.0 Å². The van der Waals surface area contributed by atoms with Crippen molar-refractivity contribution in [1.29, 1.82) is 0 Å². The molecule has 3 aromatic carbocycles. The van der Waals surface area contributed by atoms with E-state index in [0.29, 0.717) is 22.7 Å². The van der Waals surface area contributed by atoms with Gasteiger partial charge in [-0.1, -0.05) is 43.5 Å². The second kappa shape index (κ2) is 10.1. The Labute approximate surface area is 195 Å². The van der Waals surface area contributed by atoms with Gasteiger partial charge >= 0.3 is 0 Å². The zero-order valence-electron chi connectivity index (χ0n) is 18.6. The van der Waals surface area contributed by atoms with Crippen LogP contribution in [0.15, 0.2) is 77.7 Å². The summed E-state index contributed by atoms with van der Waals surface area (Å²) in [5, 5.41) is 3.06. The molecule has 6 nitrogen and oxygen atoms in total. The first-order valence-electron chi connectivity index (χ1n) is 11.2. The van der Waals surface area contributed by atoms with Crippen molar-refractivity contribution in [3.05, 3.63) is 83.9 Å². The second-order valence-corrected chi connectivity index (χ2v) is 10.0. The Hall–Kier alpha value is -3.32. The van der Waals surface area contributed by atoms with Crippen LogP contribution in [0, 0.1) is 6.92 Å². The maximum atomic E-state index is 13.0. The van der Waals surface area contributed by atoms with Crippen molar-refractivity contribution in [3.63, 3.8) is 0 Å². The largest absolute Gasteiger partial charge is 0.457 e. The molecule has 1 aliphatic carbocycles. The van der Waals surface area contributed by atoms with E-state index in [0.717, 1.165) is 31.2 Å². The third kappa shape index (κ3) is 5.93. The highest BCUT2D eigenvalue weighted by Crippen LogP contribution is 2.25. The Morgan fingerprint density at radius 2 is 1.55 bits per heavy atom. The number of carbonyl (C=O) groups excluding carboxylic acids is 1. The summed E-state index contributed by atoms with van der Waals surface area (Å²) in [6, 6.07) is 20.8. The summed E-state index contributed by atoms with van der Waals surface area (Å²) < 4.78 is 34.3. The first-order valence-corrected chi connectivity index (χ1v) is 12.7. The number of sulfonamides is 1. The molecule has 0 saturated heterocycles. The average Bonchev–Trinajstić information content (AvgIpc) is 2.81. The topological polar surface area (TPSA) is 84.5 Å². The molecule has 2 N–H and O–H groups in total. The lowest BCUT2D eigenvalue weighted by molar-refractivity contribution is 0.0927. The molecule has 33 heavy (non-hydrogen) atoms. The fourth-order valence-electron chi connectivity index (χ4n) is 3.95. The number of ether oxygens (including phenoxy) is 1. The van der Waals surface area contributed by atoms with E-state index in [9.17, 15) is 13.2 Å². The Morgan fingerprint density at radius 3 is 2.24 bits per heavy atom. The Balaban J connectivity index is 1.46. The normalized spacial score (nSPS) is 14.5. The van der Waals surface area contributed by atoms with Crippen molar-refractivity contribution in [2.24, 2.45) is 0 Å². The number of hydrogen-bond acceptors (Lipinski definition) is 4. The molecule has 0 unspecified atom stereocenters. The minimum Gasteiger partial charge on any atom is -0.457 e. The number of nitrogens with one attached hydrogen (secondary N) is 2. The second-order valence-electron chi connectivity index (χ2n) is 8.33. The van der Waals surface area contributed by atoms with Crippen LogP contribution in [0.2, 0.25) is 0 Å². The molecular formula is C26H28N2O4S. The molecule has 1 aliphatic rings. The van der Waals surface area contributed by atoms with Crippen LogP contribution in [0.3, 0.4) is 0 Å². The van der Waals surface area contributed by atoms with Crippen LogP contribution in [-0.4, -0.2) is 20.4 Å². The van der Waals surface area contributed by atoms with Gasteiger partial charge in [-0.3, -0.25) is 9.52 Å². The van der Waals surface area contributed by atoms with Gasteiger partial charge in [-0.05, 0) is 73.9 Å². The quantitative estimate of drug-likeness (QED) is 0.473. The molecule has 7 heteroatoms. The van der Waals surface area contributed by atoms with Gasteiger partial charge in [0.25, 0.3) is 15.9 Å². The van der Waals surface area contributed by atoms with Crippen molar-refractivity contribution in [2.45, 2.75) is 50.0 Å². The molecule has 4 rings (SSSR count). The Kier molecular flexibility index (Phi) is 6.99. The van der Waals surface area contributed by atoms with E-state index in [1.807, 2.05) is 37.3 Å². The number of benzene rings is 3. The molecule has 0 atom stereocenters. The van der Waals surface area contributed by atoms with Gasteiger partial charge in [0.1, 0.15) is 11.5 Å². The predicted molar refractivity (Wildman–Crippen MR) is 129 cm³/mol. The lowest BCUT2D eigenvalue weighted by Gasteiger charge is -2.23.